The molecule has 1 aliphatic carbocycles. The van der Waals surface area contributed by atoms with Crippen LogP contribution in [0.15, 0.2) is 54.6 Å². The van der Waals surface area contributed by atoms with Gasteiger partial charge in [0, 0.05) is 18.1 Å². The van der Waals surface area contributed by atoms with Crippen LogP contribution in [0.25, 0.3) is 6.08 Å². The number of alkyl halides is 3. The van der Waals surface area contributed by atoms with Gasteiger partial charge in [-0.3, -0.25) is 4.79 Å². The molecule has 2 aliphatic rings. The van der Waals surface area contributed by atoms with Crippen molar-refractivity contribution in [3.63, 3.8) is 0 Å². The quantitative estimate of drug-likeness (QED) is 0.728. The zero-order chi connectivity index (χ0) is 19.8. The first-order chi connectivity index (χ1) is 13.3. The largest absolute Gasteiger partial charge is 0.487 e. The predicted molar refractivity (Wildman–Crippen MR) is 99.6 cm³/mol. The summed E-state index contributed by atoms with van der Waals surface area (Å²) in [5.74, 6) is 0.529. The van der Waals surface area contributed by atoms with Gasteiger partial charge in [0.25, 0.3) is 0 Å². The third-order valence-electron chi connectivity index (χ3n) is 5.44. The minimum Gasteiger partial charge on any atom is -0.487 e. The van der Waals surface area contributed by atoms with E-state index < -0.39 is 11.7 Å². The standard InChI is InChI=1S/C22H20F3NO2/c23-22(24,25)16-9-6-15(7-10-16)8-11-20(27)26-18-14-21(12-3-13-21)28-19-5-2-1-4-17(18)19/h1-2,4-11,18H,3,12-14H2,(H,26,27). The Bertz CT molecular complexity index is 899. The molecule has 1 unspecified atom stereocenters. The molecule has 28 heavy (non-hydrogen) atoms. The number of para-hydroxylation sites is 1. The molecule has 0 saturated heterocycles. The summed E-state index contributed by atoms with van der Waals surface area (Å²) >= 11 is 0. The Morgan fingerprint density at radius 2 is 1.82 bits per heavy atom. The summed E-state index contributed by atoms with van der Waals surface area (Å²) in [5, 5.41) is 3.02. The van der Waals surface area contributed by atoms with Crippen LogP contribution in [0.5, 0.6) is 5.75 Å². The number of hydrogen-bond acceptors (Lipinski definition) is 2. The molecule has 2 aromatic rings. The molecule has 0 radical (unpaired) electrons. The summed E-state index contributed by atoms with van der Waals surface area (Å²) in [6.45, 7) is 0. The van der Waals surface area contributed by atoms with E-state index in [4.69, 9.17) is 4.74 Å². The summed E-state index contributed by atoms with van der Waals surface area (Å²) in [6, 6.07) is 12.3. The fourth-order valence-corrected chi connectivity index (χ4v) is 3.80. The first kappa shape index (κ1) is 18.6. The van der Waals surface area contributed by atoms with Crippen LogP contribution in [-0.2, 0) is 11.0 Å². The van der Waals surface area contributed by atoms with E-state index in [0.29, 0.717) is 5.56 Å². The van der Waals surface area contributed by atoms with Crippen LogP contribution in [0.1, 0.15) is 48.4 Å². The molecular formula is C22H20F3NO2. The SMILES string of the molecule is O=C(C=Cc1ccc(C(F)(F)F)cc1)NC1CC2(CCC2)Oc2ccccc21. The van der Waals surface area contributed by atoms with Gasteiger partial charge in [-0.2, -0.15) is 13.2 Å². The molecule has 1 aliphatic heterocycles. The van der Waals surface area contributed by atoms with Crippen molar-refractivity contribution in [2.45, 2.75) is 43.5 Å². The Morgan fingerprint density at radius 3 is 2.46 bits per heavy atom. The first-order valence-electron chi connectivity index (χ1n) is 9.28. The molecule has 1 heterocycles. The summed E-state index contributed by atoms with van der Waals surface area (Å²) in [7, 11) is 0. The molecule has 1 amide bonds. The minimum atomic E-state index is -4.37. The van der Waals surface area contributed by atoms with Crippen molar-refractivity contribution in [3.8, 4) is 5.75 Å². The van der Waals surface area contributed by atoms with Gasteiger partial charge in [-0.25, -0.2) is 0 Å². The van der Waals surface area contributed by atoms with Crippen LogP contribution in [0.3, 0.4) is 0 Å². The number of fused-ring (bicyclic) bond motifs is 1. The minimum absolute atomic E-state index is 0.144. The van der Waals surface area contributed by atoms with Crippen LogP contribution in [-0.4, -0.2) is 11.5 Å². The first-order valence-corrected chi connectivity index (χ1v) is 9.28. The second-order valence-corrected chi connectivity index (χ2v) is 7.39. The molecule has 1 fully saturated rings. The number of benzene rings is 2. The van der Waals surface area contributed by atoms with E-state index in [1.54, 1.807) is 0 Å². The van der Waals surface area contributed by atoms with E-state index in [2.05, 4.69) is 5.32 Å². The van der Waals surface area contributed by atoms with E-state index in [1.807, 2.05) is 24.3 Å². The Kier molecular flexibility index (Phi) is 4.65. The Hall–Kier alpha value is -2.76. The maximum absolute atomic E-state index is 12.6. The van der Waals surface area contributed by atoms with Crippen molar-refractivity contribution in [1.82, 2.24) is 5.32 Å². The van der Waals surface area contributed by atoms with Crippen LogP contribution in [0, 0.1) is 0 Å². The lowest BCUT2D eigenvalue weighted by Crippen LogP contribution is -2.49. The lowest BCUT2D eigenvalue weighted by atomic mass is 9.73. The van der Waals surface area contributed by atoms with Crippen molar-refractivity contribution in [2.24, 2.45) is 0 Å². The van der Waals surface area contributed by atoms with Crippen LogP contribution in [0.4, 0.5) is 13.2 Å². The van der Waals surface area contributed by atoms with Gasteiger partial charge in [0.1, 0.15) is 11.4 Å². The third kappa shape index (κ3) is 3.77. The molecule has 3 nitrogen and oxygen atoms in total. The highest BCUT2D eigenvalue weighted by atomic mass is 19.4. The van der Waals surface area contributed by atoms with Gasteiger partial charge >= 0.3 is 6.18 Å². The highest BCUT2D eigenvalue weighted by Gasteiger charge is 2.45. The Balaban J connectivity index is 1.45. The smallest absolute Gasteiger partial charge is 0.416 e. The Labute approximate surface area is 161 Å². The third-order valence-corrected chi connectivity index (χ3v) is 5.44. The summed E-state index contributed by atoms with van der Waals surface area (Å²) in [6.07, 6.45) is 2.31. The monoisotopic (exact) mass is 387 g/mol. The maximum atomic E-state index is 12.6. The fourth-order valence-electron chi connectivity index (χ4n) is 3.80. The molecule has 6 heteroatoms. The van der Waals surface area contributed by atoms with Gasteiger partial charge in [-0.15, -0.1) is 0 Å². The van der Waals surface area contributed by atoms with E-state index in [0.717, 1.165) is 49.1 Å². The summed E-state index contributed by atoms with van der Waals surface area (Å²) in [5.41, 5.74) is 0.588. The van der Waals surface area contributed by atoms with Gasteiger partial charge in [0.05, 0.1) is 11.6 Å². The number of ether oxygens (including phenoxy) is 1. The molecular weight excluding hydrogens is 367 g/mol. The molecule has 1 saturated carbocycles. The number of hydrogen-bond donors (Lipinski definition) is 1. The van der Waals surface area contributed by atoms with E-state index in [1.165, 1.54) is 24.3 Å². The average Bonchev–Trinajstić information content (AvgIpc) is 2.64. The van der Waals surface area contributed by atoms with E-state index in [9.17, 15) is 18.0 Å². The zero-order valence-electron chi connectivity index (χ0n) is 15.1. The van der Waals surface area contributed by atoms with Crippen LogP contribution in [0.2, 0.25) is 0 Å². The zero-order valence-corrected chi connectivity index (χ0v) is 15.1. The molecule has 1 atom stereocenters. The highest BCUT2D eigenvalue weighted by Crippen LogP contribution is 2.48. The number of amides is 1. The number of carbonyl (C=O) groups excluding carboxylic acids is 1. The van der Waals surface area contributed by atoms with Crippen molar-refractivity contribution in [3.05, 3.63) is 71.3 Å². The topological polar surface area (TPSA) is 38.3 Å². The second kappa shape index (κ2) is 7.00. The number of rotatable bonds is 3. The number of carbonyl (C=O) groups is 1. The van der Waals surface area contributed by atoms with Crippen molar-refractivity contribution in [2.75, 3.05) is 0 Å². The Morgan fingerprint density at radius 1 is 1.11 bits per heavy atom. The number of halogens is 3. The van der Waals surface area contributed by atoms with E-state index >= 15 is 0 Å². The van der Waals surface area contributed by atoms with Crippen molar-refractivity contribution < 1.29 is 22.7 Å². The van der Waals surface area contributed by atoms with Gasteiger partial charge < -0.3 is 10.1 Å². The summed E-state index contributed by atoms with van der Waals surface area (Å²) in [4.78, 5) is 12.4. The maximum Gasteiger partial charge on any atom is 0.416 e. The van der Waals surface area contributed by atoms with Crippen LogP contribution >= 0.6 is 0 Å². The van der Waals surface area contributed by atoms with Gasteiger partial charge in [0.2, 0.25) is 5.91 Å². The molecule has 0 bridgehead atoms. The lowest BCUT2D eigenvalue weighted by molar-refractivity contribution is -0.137. The van der Waals surface area contributed by atoms with Gasteiger partial charge in [-0.05, 0) is 49.1 Å². The fraction of sp³-hybridized carbons (Fsp3) is 0.318. The normalized spacial score (nSPS) is 20.3. The second-order valence-electron chi connectivity index (χ2n) is 7.39. The molecule has 146 valence electrons. The predicted octanol–water partition coefficient (Wildman–Crippen LogP) is 5.28. The molecule has 1 N–H and O–H groups in total. The van der Waals surface area contributed by atoms with Crippen LogP contribution < -0.4 is 10.1 Å². The molecule has 4 rings (SSSR count). The molecule has 2 aromatic carbocycles. The number of nitrogens with one attached hydrogen (secondary N) is 1. The van der Waals surface area contributed by atoms with E-state index in [-0.39, 0.29) is 17.6 Å². The highest BCUT2D eigenvalue weighted by molar-refractivity contribution is 5.92. The van der Waals surface area contributed by atoms with Crippen molar-refractivity contribution in [1.29, 1.82) is 0 Å². The van der Waals surface area contributed by atoms with Gasteiger partial charge in [0.15, 0.2) is 0 Å². The lowest BCUT2D eigenvalue weighted by Gasteiger charge is -2.47. The summed E-state index contributed by atoms with van der Waals surface area (Å²) < 4.78 is 44.0. The van der Waals surface area contributed by atoms with Crippen molar-refractivity contribution >= 4 is 12.0 Å². The molecule has 1 spiro atoms. The molecule has 0 aromatic heterocycles. The average molecular weight is 387 g/mol. The van der Waals surface area contributed by atoms with Gasteiger partial charge in [-0.1, -0.05) is 30.3 Å².